The van der Waals surface area contributed by atoms with Gasteiger partial charge < -0.3 is 14.4 Å². The summed E-state index contributed by atoms with van der Waals surface area (Å²) in [5.41, 5.74) is 7.50. The molecule has 0 unspecified atom stereocenters. The minimum Gasteiger partial charge on any atom is -0.490 e. The molecule has 0 spiro atoms. The van der Waals surface area contributed by atoms with Crippen LogP contribution in [0.5, 0.6) is 11.5 Å². The number of fused-ring (bicyclic) bond motifs is 1. The van der Waals surface area contributed by atoms with E-state index in [4.69, 9.17) is 14.5 Å². The highest BCUT2D eigenvalue weighted by atomic mass is 16.5. The molecule has 1 fully saturated rings. The summed E-state index contributed by atoms with van der Waals surface area (Å²) in [6.45, 7) is 7.00. The fourth-order valence-corrected chi connectivity index (χ4v) is 4.14. The fraction of sp³-hybridized carbons (Fsp3) is 0.286. The first-order chi connectivity index (χ1) is 17.2. The van der Waals surface area contributed by atoms with Gasteiger partial charge in [0.25, 0.3) is 0 Å². The van der Waals surface area contributed by atoms with Crippen molar-refractivity contribution in [3.05, 3.63) is 78.5 Å². The van der Waals surface area contributed by atoms with Gasteiger partial charge >= 0.3 is 0 Å². The lowest BCUT2D eigenvalue weighted by Crippen LogP contribution is -2.47. The number of hydrogen-bond acceptors (Lipinski definition) is 7. The van der Waals surface area contributed by atoms with Gasteiger partial charge in [-0.25, -0.2) is 15.0 Å². The summed E-state index contributed by atoms with van der Waals surface area (Å²) in [7, 11) is 2.14. The van der Waals surface area contributed by atoms with Crippen molar-refractivity contribution in [2.45, 2.75) is 13.5 Å². The van der Waals surface area contributed by atoms with Crippen molar-refractivity contribution >= 4 is 16.9 Å². The SMILES string of the molecule is CCOc1ccc(-c2ccc3nc(NN4CCN(C)CC4)ncc3c2)cc1OCc1ccccc1. The van der Waals surface area contributed by atoms with Gasteiger partial charge in [-0.2, -0.15) is 0 Å². The molecule has 0 radical (unpaired) electrons. The Morgan fingerprint density at radius 3 is 2.43 bits per heavy atom. The Morgan fingerprint density at radius 1 is 0.857 bits per heavy atom. The molecule has 1 aliphatic rings. The third kappa shape index (κ3) is 5.70. The number of nitrogens with zero attached hydrogens (tertiary/aromatic N) is 4. The van der Waals surface area contributed by atoms with Crippen molar-refractivity contribution in [3.8, 4) is 22.6 Å². The highest BCUT2D eigenvalue weighted by Crippen LogP contribution is 2.34. The van der Waals surface area contributed by atoms with Crippen LogP contribution in [0.3, 0.4) is 0 Å². The topological polar surface area (TPSA) is 62.8 Å². The van der Waals surface area contributed by atoms with Crippen molar-refractivity contribution < 1.29 is 9.47 Å². The molecule has 180 valence electrons. The summed E-state index contributed by atoms with van der Waals surface area (Å²) >= 11 is 0. The van der Waals surface area contributed by atoms with Crippen LogP contribution < -0.4 is 14.9 Å². The van der Waals surface area contributed by atoms with Gasteiger partial charge in [-0.1, -0.05) is 42.5 Å². The lowest BCUT2D eigenvalue weighted by atomic mass is 10.0. The minimum absolute atomic E-state index is 0.485. The first-order valence-corrected chi connectivity index (χ1v) is 12.1. The normalized spacial score (nSPS) is 14.7. The number of ether oxygens (including phenoxy) is 2. The molecule has 7 heteroatoms. The first-order valence-electron chi connectivity index (χ1n) is 12.1. The van der Waals surface area contributed by atoms with Gasteiger partial charge in [0.1, 0.15) is 6.61 Å². The van der Waals surface area contributed by atoms with Gasteiger partial charge in [0.15, 0.2) is 11.5 Å². The molecule has 4 aromatic rings. The number of aromatic nitrogens is 2. The monoisotopic (exact) mass is 469 g/mol. The van der Waals surface area contributed by atoms with Gasteiger partial charge in [-0.3, -0.25) is 5.43 Å². The first kappa shape index (κ1) is 23.1. The van der Waals surface area contributed by atoms with Crippen LogP contribution in [-0.2, 0) is 6.61 Å². The van der Waals surface area contributed by atoms with E-state index in [9.17, 15) is 0 Å². The molecule has 0 amide bonds. The Kier molecular flexibility index (Phi) is 7.07. The summed E-state index contributed by atoms with van der Waals surface area (Å²) in [5, 5.41) is 3.17. The molecule has 1 aromatic heterocycles. The average Bonchev–Trinajstić information content (AvgIpc) is 2.90. The van der Waals surface area contributed by atoms with Crippen molar-refractivity contribution in [3.63, 3.8) is 0 Å². The molecule has 3 aromatic carbocycles. The second-order valence-corrected chi connectivity index (χ2v) is 8.74. The quantitative estimate of drug-likeness (QED) is 0.396. The molecule has 7 nitrogen and oxygen atoms in total. The van der Waals surface area contributed by atoms with Crippen LogP contribution in [-0.4, -0.2) is 59.7 Å². The van der Waals surface area contributed by atoms with Gasteiger partial charge in [0, 0.05) is 37.8 Å². The largest absolute Gasteiger partial charge is 0.490 e. The molecule has 1 aliphatic heterocycles. The van der Waals surface area contributed by atoms with Crippen molar-refractivity contribution in [2.24, 2.45) is 0 Å². The molecule has 35 heavy (non-hydrogen) atoms. The number of hydrogen-bond donors (Lipinski definition) is 1. The van der Waals surface area contributed by atoms with E-state index in [1.807, 2.05) is 49.5 Å². The van der Waals surface area contributed by atoms with Crippen LogP contribution in [0.25, 0.3) is 22.0 Å². The molecule has 1 N–H and O–H groups in total. The van der Waals surface area contributed by atoms with Crippen LogP contribution in [0.15, 0.2) is 72.9 Å². The molecule has 0 aliphatic carbocycles. The molecule has 0 bridgehead atoms. The summed E-state index contributed by atoms with van der Waals surface area (Å²) in [6, 6.07) is 22.5. The standard InChI is InChI=1S/C28H31N5O2/c1-3-34-26-12-10-23(18-27(26)35-20-21-7-5-4-6-8-21)22-9-11-25-24(17-22)19-29-28(30-25)31-33-15-13-32(2)14-16-33/h4-12,17-19H,3,13-16,20H2,1-2H3,(H,29,30,31). The van der Waals surface area contributed by atoms with E-state index in [1.54, 1.807) is 0 Å². The highest BCUT2D eigenvalue weighted by molar-refractivity contribution is 5.85. The van der Waals surface area contributed by atoms with Crippen LogP contribution >= 0.6 is 0 Å². The van der Waals surface area contributed by atoms with Gasteiger partial charge in [0.2, 0.25) is 5.95 Å². The molecule has 2 heterocycles. The lowest BCUT2D eigenvalue weighted by molar-refractivity contribution is 0.178. The molecule has 1 saturated heterocycles. The molecular formula is C28H31N5O2. The Bertz CT molecular complexity index is 1270. The zero-order valence-corrected chi connectivity index (χ0v) is 20.3. The van der Waals surface area contributed by atoms with Crippen LogP contribution in [0.4, 0.5) is 5.95 Å². The van der Waals surface area contributed by atoms with Crippen molar-refractivity contribution in [1.29, 1.82) is 0 Å². The van der Waals surface area contributed by atoms with E-state index in [1.165, 1.54) is 0 Å². The Balaban J connectivity index is 1.35. The maximum atomic E-state index is 6.15. The fourth-order valence-electron chi connectivity index (χ4n) is 4.14. The van der Waals surface area contributed by atoms with E-state index in [-0.39, 0.29) is 0 Å². The lowest BCUT2D eigenvalue weighted by Gasteiger charge is -2.32. The third-order valence-electron chi connectivity index (χ3n) is 6.16. The molecular weight excluding hydrogens is 438 g/mol. The summed E-state index contributed by atoms with van der Waals surface area (Å²) in [6.07, 6.45) is 1.88. The zero-order valence-electron chi connectivity index (χ0n) is 20.3. The zero-order chi connectivity index (χ0) is 24.0. The van der Waals surface area contributed by atoms with E-state index in [0.29, 0.717) is 19.2 Å². The number of hydrazine groups is 1. The van der Waals surface area contributed by atoms with E-state index < -0.39 is 0 Å². The van der Waals surface area contributed by atoms with Crippen LogP contribution in [0.1, 0.15) is 12.5 Å². The number of piperazine rings is 1. The van der Waals surface area contributed by atoms with E-state index >= 15 is 0 Å². The number of anilines is 1. The second-order valence-electron chi connectivity index (χ2n) is 8.74. The van der Waals surface area contributed by atoms with Crippen molar-refractivity contribution in [1.82, 2.24) is 19.9 Å². The molecule has 5 rings (SSSR count). The van der Waals surface area contributed by atoms with Crippen LogP contribution in [0, 0.1) is 0 Å². The Labute approximate surface area is 206 Å². The smallest absolute Gasteiger partial charge is 0.238 e. The molecule has 0 atom stereocenters. The number of likely N-dealkylation sites (N-methyl/N-ethyl adjacent to an activating group) is 1. The summed E-state index contributed by atoms with van der Waals surface area (Å²) in [4.78, 5) is 11.6. The van der Waals surface area contributed by atoms with Crippen molar-refractivity contribution in [2.75, 3.05) is 45.3 Å². The van der Waals surface area contributed by atoms with E-state index in [0.717, 1.165) is 65.3 Å². The predicted octanol–water partition coefficient (Wildman–Crippen LogP) is 4.85. The number of benzene rings is 3. The highest BCUT2D eigenvalue weighted by Gasteiger charge is 2.15. The number of nitrogens with one attached hydrogen (secondary N) is 1. The summed E-state index contributed by atoms with van der Waals surface area (Å²) in [5.74, 6) is 2.11. The maximum absolute atomic E-state index is 6.15. The Hall–Kier alpha value is -3.68. The molecule has 0 saturated carbocycles. The van der Waals surface area contributed by atoms with Gasteiger partial charge in [-0.05, 0) is 54.9 Å². The van der Waals surface area contributed by atoms with Gasteiger partial charge in [0.05, 0.1) is 12.1 Å². The average molecular weight is 470 g/mol. The second kappa shape index (κ2) is 10.7. The van der Waals surface area contributed by atoms with Gasteiger partial charge in [-0.15, -0.1) is 0 Å². The Morgan fingerprint density at radius 2 is 1.63 bits per heavy atom. The summed E-state index contributed by atoms with van der Waals surface area (Å²) < 4.78 is 12.0. The predicted molar refractivity (Wildman–Crippen MR) is 140 cm³/mol. The third-order valence-corrected chi connectivity index (χ3v) is 6.16. The van der Waals surface area contributed by atoms with Crippen LogP contribution in [0.2, 0.25) is 0 Å². The minimum atomic E-state index is 0.485. The van der Waals surface area contributed by atoms with E-state index in [2.05, 4.69) is 57.7 Å². The maximum Gasteiger partial charge on any atom is 0.238 e. The number of rotatable bonds is 8.